The van der Waals surface area contributed by atoms with Gasteiger partial charge in [-0.3, -0.25) is 9.88 Å². The van der Waals surface area contributed by atoms with Gasteiger partial charge in [0.2, 0.25) is 0 Å². The fraction of sp³-hybridized carbons (Fsp3) is 0.174. The topological polar surface area (TPSA) is 124 Å². The van der Waals surface area contributed by atoms with E-state index >= 15 is 0 Å². The molecule has 1 heterocycles. The molecule has 1 unspecified atom stereocenters. The smallest absolute Gasteiger partial charge is 0.323 e. The van der Waals surface area contributed by atoms with E-state index in [0.717, 1.165) is 22.3 Å². The zero-order valence-electron chi connectivity index (χ0n) is 17.2. The molecule has 0 bridgehead atoms. The molecule has 4 aromatic rings. The second-order valence-corrected chi connectivity index (χ2v) is 9.35. The Morgan fingerprint density at radius 3 is 2.00 bits per heavy atom. The lowest BCUT2D eigenvalue weighted by molar-refractivity contribution is 0.333. The van der Waals surface area contributed by atoms with Crippen LogP contribution in [0.5, 0.6) is 0 Å². The molecule has 164 valence electrons. The summed E-state index contributed by atoms with van der Waals surface area (Å²) in [5, 5.41) is 17.3. The largest absolute Gasteiger partial charge is 0.342 e. The van der Waals surface area contributed by atoms with Gasteiger partial charge >= 0.3 is 7.60 Å². The molecule has 0 saturated heterocycles. The third-order valence-electron chi connectivity index (χ3n) is 5.25. The molecular formula is C23H24N5O3P. The summed E-state index contributed by atoms with van der Waals surface area (Å²) in [4.78, 5) is 20.0. The van der Waals surface area contributed by atoms with Gasteiger partial charge in [-0.1, -0.05) is 90.1 Å². The van der Waals surface area contributed by atoms with Gasteiger partial charge in [0.15, 0.2) is 5.82 Å². The predicted molar refractivity (Wildman–Crippen MR) is 122 cm³/mol. The third kappa shape index (κ3) is 5.75. The van der Waals surface area contributed by atoms with Gasteiger partial charge in [0.05, 0.1) is 6.04 Å². The molecule has 32 heavy (non-hydrogen) atoms. The van der Waals surface area contributed by atoms with Gasteiger partial charge in [-0.2, -0.15) is 5.21 Å². The highest BCUT2D eigenvalue weighted by Gasteiger charge is 2.32. The summed E-state index contributed by atoms with van der Waals surface area (Å²) in [7, 11) is -4.45. The molecule has 0 spiro atoms. The third-order valence-corrected chi connectivity index (χ3v) is 6.39. The first kappa shape index (κ1) is 22.0. The molecule has 2 atom stereocenters. The lowest BCUT2D eigenvalue weighted by atomic mass is 10.00. The average molecular weight is 449 g/mol. The molecule has 4 N–H and O–H groups in total. The van der Waals surface area contributed by atoms with Crippen LogP contribution in [0, 0.1) is 0 Å². The SMILES string of the molecule is O=P(O)(O)C(Cc1ccccc1)N[C@@H](Cc1ccc(-c2ccccc2)cc1)c1nn[nH]n1. The summed E-state index contributed by atoms with van der Waals surface area (Å²) in [6.07, 6.45) is 0.617. The highest BCUT2D eigenvalue weighted by molar-refractivity contribution is 7.52. The van der Waals surface area contributed by atoms with Gasteiger partial charge in [0.1, 0.15) is 5.78 Å². The molecule has 9 heteroatoms. The fourth-order valence-corrected chi connectivity index (χ4v) is 4.41. The van der Waals surface area contributed by atoms with Crippen LogP contribution >= 0.6 is 7.60 Å². The molecule has 8 nitrogen and oxygen atoms in total. The number of nitrogens with one attached hydrogen (secondary N) is 2. The molecular weight excluding hydrogens is 425 g/mol. The maximum atomic E-state index is 12.3. The van der Waals surface area contributed by atoms with Crippen LogP contribution in [0.25, 0.3) is 11.1 Å². The molecule has 0 saturated carbocycles. The van der Waals surface area contributed by atoms with Gasteiger partial charge in [-0.15, -0.1) is 10.2 Å². The van der Waals surface area contributed by atoms with Crippen LogP contribution in [0.2, 0.25) is 0 Å². The van der Waals surface area contributed by atoms with Gasteiger partial charge in [0, 0.05) is 0 Å². The number of hydrogen-bond acceptors (Lipinski definition) is 5. The quantitative estimate of drug-likeness (QED) is 0.288. The maximum absolute atomic E-state index is 12.3. The standard InChI is InChI=1S/C23H24N5O3P/c29-32(30,31)22(16-17-7-3-1-4-8-17)24-21(23-25-27-28-26-23)15-18-11-13-20(14-12-18)19-9-5-2-6-10-19/h1-14,21-22,24H,15-16H2,(H2,29,30,31)(H,25,26,27,28)/t21-,22?/m0/s1. The summed E-state index contributed by atoms with van der Waals surface area (Å²) < 4.78 is 12.3. The van der Waals surface area contributed by atoms with E-state index in [0.29, 0.717) is 12.2 Å². The fourth-order valence-electron chi connectivity index (χ4n) is 3.59. The van der Waals surface area contributed by atoms with E-state index < -0.39 is 19.4 Å². The van der Waals surface area contributed by atoms with Crippen molar-refractivity contribution in [3.63, 3.8) is 0 Å². The zero-order valence-corrected chi connectivity index (χ0v) is 18.1. The lowest BCUT2D eigenvalue weighted by Gasteiger charge is -2.25. The predicted octanol–water partition coefficient (Wildman–Crippen LogP) is 3.49. The zero-order chi connectivity index (χ0) is 22.4. The second-order valence-electron chi connectivity index (χ2n) is 7.55. The Kier molecular flexibility index (Phi) is 6.87. The Balaban J connectivity index is 1.55. The highest BCUT2D eigenvalue weighted by Crippen LogP contribution is 2.42. The summed E-state index contributed by atoms with van der Waals surface area (Å²) in [5.41, 5.74) is 4.02. The molecule has 0 aliphatic carbocycles. The first-order valence-corrected chi connectivity index (χ1v) is 11.9. The van der Waals surface area contributed by atoms with E-state index in [9.17, 15) is 14.4 Å². The first-order chi connectivity index (χ1) is 15.5. The molecule has 0 aliphatic heterocycles. The van der Waals surface area contributed by atoms with E-state index in [1.54, 1.807) is 0 Å². The average Bonchev–Trinajstić information content (AvgIpc) is 3.34. The van der Waals surface area contributed by atoms with Crippen LogP contribution in [0.4, 0.5) is 0 Å². The van der Waals surface area contributed by atoms with E-state index in [4.69, 9.17) is 0 Å². The van der Waals surface area contributed by atoms with Gasteiger partial charge < -0.3 is 9.79 Å². The highest BCUT2D eigenvalue weighted by atomic mass is 31.2. The molecule has 4 rings (SSSR count). The van der Waals surface area contributed by atoms with E-state index in [1.807, 2.05) is 84.9 Å². The lowest BCUT2D eigenvalue weighted by Crippen LogP contribution is -2.36. The van der Waals surface area contributed by atoms with E-state index in [-0.39, 0.29) is 6.42 Å². The summed E-state index contributed by atoms with van der Waals surface area (Å²) in [6, 6.07) is 26.8. The van der Waals surface area contributed by atoms with Crippen molar-refractivity contribution in [3.8, 4) is 11.1 Å². The number of H-pyrrole nitrogens is 1. The summed E-state index contributed by atoms with van der Waals surface area (Å²) in [6.45, 7) is 0. The van der Waals surface area contributed by atoms with Gasteiger partial charge in [-0.05, 0) is 35.1 Å². The number of aromatic amines is 1. The Morgan fingerprint density at radius 1 is 0.812 bits per heavy atom. The van der Waals surface area contributed by atoms with Crippen molar-refractivity contribution in [2.24, 2.45) is 0 Å². The van der Waals surface area contributed by atoms with Crippen molar-refractivity contribution in [2.75, 3.05) is 0 Å². The van der Waals surface area contributed by atoms with Crippen LogP contribution in [0.3, 0.4) is 0 Å². The molecule has 0 fully saturated rings. The van der Waals surface area contributed by atoms with Crippen molar-refractivity contribution >= 4 is 7.60 Å². The van der Waals surface area contributed by atoms with Crippen LogP contribution < -0.4 is 5.32 Å². The van der Waals surface area contributed by atoms with E-state index in [2.05, 4.69) is 25.9 Å². The Bertz CT molecular complexity index is 1150. The second kappa shape index (κ2) is 9.97. The normalized spacial score (nSPS) is 13.6. The van der Waals surface area contributed by atoms with Crippen molar-refractivity contribution < 1.29 is 14.4 Å². The van der Waals surface area contributed by atoms with Crippen LogP contribution in [-0.4, -0.2) is 36.2 Å². The Labute approximate surface area is 185 Å². The molecule has 0 amide bonds. The number of benzene rings is 3. The van der Waals surface area contributed by atoms with Crippen molar-refractivity contribution in [3.05, 3.63) is 102 Å². The van der Waals surface area contributed by atoms with Crippen molar-refractivity contribution in [1.29, 1.82) is 0 Å². The minimum atomic E-state index is -4.45. The molecule has 0 radical (unpaired) electrons. The minimum absolute atomic E-state index is 0.173. The van der Waals surface area contributed by atoms with Crippen molar-refractivity contribution in [1.82, 2.24) is 25.9 Å². The number of aromatic nitrogens is 4. The first-order valence-electron chi connectivity index (χ1n) is 10.2. The van der Waals surface area contributed by atoms with Gasteiger partial charge in [0.25, 0.3) is 0 Å². The van der Waals surface area contributed by atoms with Crippen molar-refractivity contribution in [2.45, 2.75) is 24.7 Å². The number of rotatable bonds is 9. The monoisotopic (exact) mass is 449 g/mol. The summed E-state index contributed by atoms with van der Waals surface area (Å²) in [5.74, 6) is -0.736. The molecule has 0 aliphatic rings. The molecule has 3 aromatic carbocycles. The van der Waals surface area contributed by atoms with Crippen LogP contribution in [-0.2, 0) is 17.4 Å². The van der Waals surface area contributed by atoms with Crippen LogP contribution in [0.1, 0.15) is 23.0 Å². The minimum Gasteiger partial charge on any atom is -0.323 e. The number of tetrazole rings is 1. The maximum Gasteiger partial charge on any atom is 0.342 e. The Morgan fingerprint density at radius 2 is 1.41 bits per heavy atom. The van der Waals surface area contributed by atoms with E-state index in [1.165, 1.54) is 0 Å². The van der Waals surface area contributed by atoms with Gasteiger partial charge in [-0.25, -0.2) is 0 Å². The van der Waals surface area contributed by atoms with Crippen LogP contribution in [0.15, 0.2) is 84.9 Å². The molecule has 1 aromatic heterocycles. The number of nitrogens with zero attached hydrogens (tertiary/aromatic N) is 3. The Hall–Kier alpha value is -3.16. The summed E-state index contributed by atoms with van der Waals surface area (Å²) >= 11 is 0. The number of hydrogen-bond donors (Lipinski definition) is 4.